The van der Waals surface area contributed by atoms with Gasteiger partial charge in [-0.05, 0) is 29.9 Å². The van der Waals surface area contributed by atoms with Crippen LogP contribution in [0.2, 0.25) is 0 Å². The second-order valence-electron chi connectivity index (χ2n) is 5.90. The molecule has 0 unspecified atom stereocenters. The fourth-order valence-electron chi connectivity index (χ4n) is 2.92. The van der Waals surface area contributed by atoms with Gasteiger partial charge in [0.05, 0.1) is 12.6 Å². The van der Waals surface area contributed by atoms with Crippen molar-refractivity contribution in [1.29, 1.82) is 5.26 Å². The molecule has 1 saturated carbocycles. The summed E-state index contributed by atoms with van der Waals surface area (Å²) in [6.45, 7) is 5.90. The fourth-order valence-corrected chi connectivity index (χ4v) is 2.92. The highest BCUT2D eigenvalue weighted by atomic mass is 15.2. The monoisotopic (exact) mass is 256 g/mol. The molecule has 2 rings (SSSR count). The van der Waals surface area contributed by atoms with Gasteiger partial charge >= 0.3 is 0 Å². The Morgan fingerprint density at radius 1 is 1.21 bits per heavy atom. The van der Waals surface area contributed by atoms with E-state index >= 15 is 0 Å². The molecule has 0 spiro atoms. The maximum Gasteiger partial charge on any atom is 0.0871 e. The lowest BCUT2D eigenvalue weighted by molar-refractivity contribution is 0.214. The van der Waals surface area contributed by atoms with Crippen LogP contribution in [0.25, 0.3) is 0 Å². The van der Waals surface area contributed by atoms with Crippen molar-refractivity contribution in [2.24, 2.45) is 0 Å². The van der Waals surface area contributed by atoms with Crippen LogP contribution in [0.15, 0.2) is 24.3 Å². The van der Waals surface area contributed by atoms with Crippen molar-refractivity contribution in [2.45, 2.75) is 58.0 Å². The zero-order valence-corrected chi connectivity index (χ0v) is 12.1. The fraction of sp³-hybridized carbons (Fsp3) is 0.588. The Morgan fingerprint density at radius 2 is 1.84 bits per heavy atom. The summed E-state index contributed by atoms with van der Waals surface area (Å²) in [5.41, 5.74) is 2.71. The quantitative estimate of drug-likeness (QED) is 0.742. The molecule has 1 aromatic rings. The van der Waals surface area contributed by atoms with Gasteiger partial charge < -0.3 is 0 Å². The van der Waals surface area contributed by atoms with Crippen molar-refractivity contribution >= 4 is 0 Å². The van der Waals surface area contributed by atoms with Crippen molar-refractivity contribution < 1.29 is 0 Å². The van der Waals surface area contributed by atoms with Crippen LogP contribution >= 0.6 is 0 Å². The first-order valence-electron chi connectivity index (χ1n) is 7.40. The first-order chi connectivity index (χ1) is 9.20. The van der Waals surface area contributed by atoms with Gasteiger partial charge in [0.15, 0.2) is 0 Å². The van der Waals surface area contributed by atoms with Gasteiger partial charge in [0.25, 0.3) is 0 Å². The molecule has 0 N–H and O–H groups in total. The lowest BCUT2D eigenvalue weighted by Crippen LogP contribution is -2.33. The van der Waals surface area contributed by atoms with E-state index in [9.17, 15) is 0 Å². The lowest BCUT2D eigenvalue weighted by Gasteiger charge is -2.26. The topological polar surface area (TPSA) is 27.0 Å². The van der Waals surface area contributed by atoms with Crippen LogP contribution in [0.5, 0.6) is 0 Å². The van der Waals surface area contributed by atoms with Gasteiger partial charge in [-0.15, -0.1) is 0 Å². The predicted octanol–water partition coefficient (Wildman–Crippen LogP) is 4.08. The molecule has 2 heteroatoms. The molecule has 0 bridgehead atoms. The molecule has 0 atom stereocenters. The summed E-state index contributed by atoms with van der Waals surface area (Å²) >= 11 is 0. The van der Waals surface area contributed by atoms with Crippen LogP contribution in [0, 0.1) is 11.3 Å². The molecular formula is C17H24N2. The van der Waals surface area contributed by atoms with Crippen molar-refractivity contribution in [2.75, 3.05) is 6.54 Å². The summed E-state index contributed by atoms with van der Waals surface area (Å²) in [7, 11) is 0. The Balaban J connectivity index is 2.02. The molecule has 0 amide bonds. The van der Waals surface area contributed by atoms with E-state index in [-0.39, 0.29) is 0 Å². The highest BCUT2D eigenvalue weighted by Crippen LogP contribution is 2.25. The number of benzene rings is 1. The van der Waals surface area contributed by atoms with Gasteiger partial charge in [0.1, 0.15) is 0 Å². The molecule has 1 aliphatic carbocycles. The maximum absolute atomic E-state index is 9.00. The van der Waals surface area contributed by atoms with Gasteiger partial charge in [-0.1, -0.05) is 51.0 Å². The average Bonchev–Trinajstić information content (AvgIpc) is 2.92. The summed E-state index contributed by atoms with van der Waals surface area (Å²) in [6, 6.07) is 11.8. The first kappa shape index (κ1) is 14.1. The largest absolute Gasteiger partial charge is 0.283 e. The summed E-state index contributed by atoms with van der Waals surface area (Å²) in [5, 5.41) is 9.00. The van der Waals surface area contributed by atoms with Crippen LogP contribution in [0.3, 0.4) is 0 Å². The van der Waals surface area contributed by atoms with Gasteiger partial charge in [-0.3, -0.25) is 4.90 Å². The minimum Gasteiger partial charge on any atom is -0.283 e. The van der Waals surface area contributed by atoms with Crippen LogP contribution < -0.4 is 0 Å². The average molecular weight is 256 g/mol. The standard InChI is InChI=1S/C17H24N2/c1-14(2)16-9-7-15(8-10-16)13-19(12-11-18)17-5-3-4-6-17/h7-10,14,17H,3-6,12-13H2,1-2H3. The van der Waals surface area contributed by atoms with Crippen molar-refractivity contribution in [3.63, 3.8) is 0 Å². The van der Waals surface area contributed by atoms with Gasteiger partial charge in [0, 0.05) is 12.6 Å². The Morgan fingerprint density at radius 3 is 2.37 bits per heavy atom. The second-order valence-corrected chi connectivity index (χ2v) is 5.90. The van der Waals surface area contributed by atoms with Crippen LogP contribution in [0.4, 0.5) is 0 Å². The predicted molar refractivity (Wildman–Crippen MR) is 78.8 cm³/mol. The van der Waals surface area contributed by atoms with Crippen molar-refractivity contribution in [1.82, 2.24) is 4.90 Å². The van der Waals surface area contributed by atoms with Crippen molar-refractivity contribution in [3.8, 4) is 6.07 Å². The Bertz CT molecular complexity index is 422. The molecule has 0 radical (unpaired) electrons. The molecule has 102 valence electrons. The molecule has 1 fully saturated rings. The van der Waals surface area contributed by atoms with Gasteiger partial charge in [-0.2, -0.15) is 5.26 Å². The van der Waals surface area contributed by atoms with E-state index in [1.165, 1.54) is 36.8 Å². The molecule has 0 aromatic heterocycles. The number of rotatable bonds is 5. The SMILES string of the molecule is CC(C)c1ccc(CN(CC#N)C2CCCC2)cc1. The van der Waals surface area contributed by atoms with E-state index in [2.05, 4.69) is 49.1 Å². The molecule has 2 nitrogen and oxygen atoms in total. The lowest BCUT2D eigenvalue weighted by atomic mass is 10.0. The third-order valence-corrected chi connectivity index (χ3v) is 4.15. The Kier molecular flexibility index (Phi) is 4.99. The minimum atomic E-state index is 0.552. The Hall–Kier alpha value is -1.33. The maximum atomic E-state index is 9.00. The van der Waals surface area contributed by atoms with E-state index in [0.29, 0.717) is 18.5 Å². The molecule has 0 aliphatic heterocycles. The molecular weight excluding hydrogens is 232 g/mol. The third-order valence-electron chi connectivity index (χ3n) is 4.15. The number of nitrogens with zero attached hydrogens (tertiary/aromatic N) is 2. The van der Waals surface area contributed by atoms with E-state index in [4.69, 9.17) is 5.26 Å². The first-order valence-corrected chi connectivity index (χ1v) is 7.40. The highest BCUT2D eigenvalue weighted by molar-refractivity contribution is 5.24. The van der Waals surface area contributed by atoms with E-state index < -0.39 is 0 Å². The molecule has 19 heavy (non-hydrogen) atoms. The number of nitriles is 1. The normalized spacial score (nSPS) is 16.2. The minimum absolute atomic E-state index is 0.552. The molecule has 0 saturated heterocycles. The molecule has 1 aromatic carbocycles. The Labute approximate surface area is 117 Å². The zero-order chi connectivity index (χ0) is 13.7. The zero-order valence-electron chi connectivity index (χ0n) is 12.1. The smallest absolute Gasteiger partial charge is 0.0871 e. The summed E-state index contributed by atoms with van der Waals surface area (Å²) in [6.07, 6.45) is 5.15. The third kappa shape index (κ3) is 3.81. The van der Waals surface area contributed by atoms with E-state index in [1.54, 1.807) is 0 Å². The van der Waals surface area contributed by atoms with Gasteiger partial charge in [0.2, 0.25) is 0 Å². The van der Waals surface area contributed by atoms with Crippen molar-refractivity contribution in [3.05, 3.63) is 35.4 Å². The summed E-state index contributed by atoms with van der Waals surface area (Å²) in [4.78, 5) is 2.34. The van der Waals surface area contributed by atoms with Crippen LogP contribution in [-0.2, 0) is 6.54 Å². The number of hydrogen-bond acceptors (Lipinski definition) is 2. The van der Waals surface area contributed by atoms with E-state index in [1.807, 2.05) is 0 Å². The van der Waals surface area contributed by atoms with Crippen LogP contribution in [0.1, 0.15) is 56.6 Å². The van der Waals surface area contributed by atoms with E-state index in [0.717, 1.165) is 6.54 Å². The number of hydrogen-bond donors (Lipinski definition) is 0. The molecule has 1 aliphatic rings. The summed E-state index contributed by atoms with van der Waals surface area (Å²) in [5.74, 6) is 0.582. The van der Waals surface area contributed by atoms with Gasteiger partial charge in [-0.25, -0.2) is 0 Å². The van der Waals surface area contributed by atoms with Crippen LogP contribution in [-0.4, -0.2) is 17.5 Å². The molecule has 0 heterocycles. The summed E-state index contributed by atoms with van der Waals surface area (Å²) < 4.78 is 0. The second kappa shape index (κ2) is 6.73. The highest BCUT2D eigenvalue weighted by Gasteiger charge is 2.22.